The maximum Gasteiger partial charge on any atom is 0.389 e. The fourth-order valence-corrected chi connectivity index (χ4v) is 3.52. The molecule has 2 amide bonds. The van der Waals surface area contributed by atoms with E-state index in [1.165, 1.54) is 0 Å². The van der Waals surface area contributed by atoms with Crippen molar-refractivity contribution in [2.45, 2.75) is 25.4 Å². The summed E-state index contributed by atoms with van der Waals surface area (Å²) in [5, 5.41) is 2.80. The molecule has 5 nitrogen and oxygen atoms in total. The number of aryl methyl sites for hydroxylation is 1. The Bertz CT molecular complexity index is 625. The summed E-state index contributed by atoms with van der Waals surface area (Å²) in [5.41, 5.74) is 1.10. The number of ether oxygens (including phenoxy) is 1. The molecule has 2 saturated heterocycles. The number of amides is 2. The molecular weight excluding hydrogens is 359 g/mol. The number of nitrogens with one attached hydrogen (secondary N) is 1. The number of anilines is 1. The summed E-state index contributed by atoms with van der Waals surface area (Å²) < 4.78 is 42.5. The van der Waals surface area contributed by atoms with Gasteiger partial charge in [0.25, 0.3) is 0 Å². The number of nitrogens with zero attached hydrogens (tertiary/aromatic N) is 2. The molecule has 1 atom stereocenters. The van der Waals surface area contributed by atoms with Crippen LogP contribution in [0.4, 0.5) is 23.7 Å². The van der Waals surface area contributed by atoms with Gasteiger partial charge in [-0.3, -0.25) is 4.90 Å². The number of hydrogen-bond acceptors (Lipinski definition) is 3. The highest BCUT2D eigenvalue weighted by molar-refractivity contribution is 5.89. The van der Waals surface area contributed by atoms with E-state index >= 15 is 0 Å². The van der Waals surface area contributed by atoms with Crippen molar-refractivity contribution in [2.75, 3.05) is 51.3 Å². The third-order valence-electron chi connectivity index (χ3n) is 5.08. The second-order valence-electron chi connectivity index (χ2n) is 7.26. The number of alkyl halides is 3. The minimum atomic E-state index is -4.18. The van der Waals surface area contributed by atoms with Gasteiger partial charge < -0.3 is 15.0 Å². The van der Waals surface area contributed by atoms with Crippen molar-refractivity contribution in [3.8, 4) is 0 Å². The number of halogens is 3. The molecule has 1 aromatic rings. The van der Waals surface area contributed by atoms with Crippen LogP contribution in [0.25, 0.3) is 0 Å². The lowest BCUT2D eigenvalue weighted by Crippen LogP contribution is -2.51. The molecule has 0 aromatic heterocycles. The third-order valence-corrected chi connectivity index (χ3v) is 5.08. The lowest BCUT2D eigenvalue weighted by atomic mass is 10.1. The molecule has 2 heterocycles. The number of carbonyl (C=O) groups is 1. The van der Waals surface area contributed by atoms with E-state index in [2.05, 4.69) is 10.2 Å². The van der Waals surface area contributed by atoms with E-state index in [0.717, 1.165) is 39.3 Å². The van der Waals surface area contributed by atoms with E-state index in [0.29, 0.717) is 30.3 Å². The number of rotatable bonds is 5. The van der Waals surface area contributed by atoms with Crippen LogP contribution < -0.4 is 5.32 Å². The van der Waals surface area contributed by atoms with Crippen LogP contribution in [0.1, 0.15) is 18.4 Å². The standard InChI is InChI=1S/C19H26F3N3O2/c20-19(21,22)6-4-15-2-1-3-17(12-15)23-18(26)25-9-7-24(8-10-25)13-16-5-11-27-14-16/h1-3,12,16H,4-11,13-14H2,(H,23,26). The van der Waals surface area contributed by atoms with Crippen LogP contribution in [0.15, 0.2) is 24.3 Å². The van der Waals surface area contributed by atoms with E-state index in [1.807, 2.05) is 0 Å². The van der Waals surface area contributed by atoms with Gasteiger partial charge >= 0.3 is 12.2 Å². The third kappa shape index (κ3) is 6.39. The van der Waals surface area contributed by atoms with Gasteiger partial charge in [0.15, 0.2) is 0 Å². The van der Waals surface area contributed by atoms with Gasteiger partial charge in [-0.15, -0.1) is 0 Å². The average molecular weight is 385 g/mol. The molecule has 1 aromatic carbocycles. The zero-order valence-electron chi connectivity index (χ0n) is 15.3. The molecule has 27 heavy (non-hydrogen) atoms. The first-order valence-electron chi connectivity index (χ1n) is 9.41. The van der Waals surface area contributed by atoms with E-state index in [1.54, 1.807) is 29.2 Å². The summed E-state index contributed by atoms with van der Waals surface area (Å²) in [6, 6.07) is 6.42. The molecule has 3 rings (SSSR count). The SMILES string of the molecule is O=C(Nc1cccc(CCC(F)(F)F)c1)N1CCN(CC2CCOC2)CC1. The van der Waals surface area contributed by atoms with Crippen LogP contribution in [0.5, 0.6) is 0 Å². The summed E-state index contributed by atoms with van der Waals surface area (Å²) in [7, 11) is 0. The quantitative estimate of drug-likeness (QED) is 0.845. The molecule has 0 bridgehead atoms. The lowest BCUT2D eigenvalue weighted by Gasteiger charge is -2.35. The topological polar surface area (TPSA) is 44.8 Å². The van der Waals surface area contributed by atoms with Crippen LogP contribution in [0.2, 0.25) is 0 Å². The van der Waals surface area contributed by atoms with Crippen molar-refractivity contribution in [1.82, 2.24) is 9.80 Å². The smallest absolute Gasteiger partial charge is 0.381 e. The molecule has 2 aliphatic rings. The second kappa shape index (κ2) is 8.93. The zero-order chi connectivity index (χ0) is 19.3. The van der Waals surface area contributed by atoms with E-state index in [9.17, 15) is 18.0 Å². The number of carbonyl (C=O) groups excluding carboxylic acids is 1. The normalized spacial score (nSPS) is 21.4. The first kappa shape index (κ1) is 19.9. The molecule has 1 unspecified atom stereocenters. The predicted molar refractivity (Wildman–Crippen MR) is 96.8 cm³/mol. The summed E-state index contributed by atoms with van der Waals surface area (Å²) in [6.45, 7) is 5.63. The molecule has 2 aliphatic heterocycles. The zero-order valence-corrected chi connectivity index (χ0v) is 15.3. The highest BCUT2D eigenvalue weighted by Crippen LogP contribution is 2.23. The number of piperazine rings is 1. The van der Waals surface area contributed by atoms with Crippen LogP contribution in [-0.2, 0) is 11.2 Å². The van der Waals surface area contributed by atoms with Gasteiger partial charge in [0, 0.05) is 51.4 Å². The predicted octanol–water partition coefficient (Wildman–Crippen LogP) is 3.37. The second-order valence-corrected chi connectivity index (χ2v) is 7.26. The maximum absolute atomic E-state index is 12.4. The van der Waals surface area contributed by atoms with Crippen molar-refractivity contribution >= 4 is 11.7 Å². The van der Waals surface area contributed by atoms with Crippen molar-refractivity contribution < 1.29 is 22.7 Å². The van der Waals surface area contributed by atoms with Gasteiger partial charge in [-0.05, 0) is 36.5 Å². The van der Waals surface area contributed by atoms with Crippen LogP contribution in [-0.4, -0.2) is 67.9 Å². The Morgan fingerprint density at radius 3 is 2.67 bits per heavy atom. The fourth-order valence-electron chi connectivity index (χ4n) is 3.52. The Balaban J connectivity index is 1.45. The lowest BCUT2D eigenvalue weighted by molar-refractivity contribution is -0.133. The fraction of sp³-hybridized carbons (Fsp3) is 0.632. The average Bonchev–Trinajstić information content (AvgIpc) is 3.13. The first-order chi connectivity index (χ1) is 12.9. The minimum absolute atomic E-state index is 0.0865. The number of hydrogen-bond donors (Lipinski definition) is 1. The monoisotopic (exact) mass is 385 g/mol. The first-order valence-corrected chi connectivity index (χ1v) is 9.41. The van der Waals surface area contributed by atoms with Gasteiger partial charge in [-0.2, -0.15) is 13.2 Å². The van der Waals surface area contributed by atoms with Crippen molar-refractivity contribution in [1.29, 1.82) is 0 Å². The number of benzene rings is 1. The van der Waals surface area contributed by atoms with Gasteiger partial charge in [0.2, 0.25) is 0 Å². The molecule has 2 fully saturated rings. The molecule has 1 N–H and O–H groups in total. The Morgan fingerprint density at radius 2 is 2.00 bits per heavy atom. The highest BCUT2D eigenvalue weighted by atomic mass is 19.4. The minimum Gasteiger partial charge on any atom is -0.381 e. The Labute approximate surface area is 157 Å². The van der Waals surface area contributed by atoms with Crippen molar-refractivity contribution in [3.63, 3.8) is 0 Å². The molecule has 0 aliphatic carbocycles. The van der Waals surface area contributed by atoms with E-state index in [4.69, 9.17) is 4.74 Å². The molecule has 8 heteroatoms. The molecule has 0 saturated carbocycles. The molecule has 150 valence electrons. The van der Waals surface area contributed by atoms with Gasteiger partial charge in [0.05, 0.1) is 6.61 Å². The summed E-state index contributed by atoms with van der Waals surface area (Å²) >= 11 is 0. The molecule has 0 spiro atoms. The van der Waals surface area contributed by atoms with E-state index < -0.39 is 12.6 Å². The molecule has 0 radical (unpaired) electrons. The van der Waals surface area contributed by atoms with Gasteiger partial charge in [-0.1, -0.05) is 12.1 Å². The van der Waals surface area contributed by atoms with Crippen molar-refractivity contribution in [3.05, 3.63) is 29.8 Å². The summed E-state index contributed by atoms with van der Waals surface area (Å²) in [6.07, 6.45) is -4.02. The van der Waals surface area contributed by atoms with Crippen molar-refractivity contribution in [2.24, 2.45) is 5.92 Å². The Hall–Kier alpha value is -1.80. The maximum atomic E-state index is 12.4. The Morgan fingerprint density at radius 1 is 1.22 bits per heavy atom. The van der Waals surface area contributed by atoms with Crippen LogP contribution >= 0.6 is 0 Å². The van der Waals surface area contributed by atoms with Crippen LogP contribution in [0, 0.1) is 5.92 Å². The van der Waals surface area contributed by atoms with Gasteiger partial charge in [-0.25, -0.2) is 4.79 Å². The van der Waals surface area contributed by atoms with E-state index in [-0.39, 0.29) is 12.5 Å². The number of urea groups is 1. The Kier molecular flexibility index (Phi) is 6.59. The molecular formula is C19H26F3N3O2. The highest BCUT2D eigenvalue weighted by Gasteiger charge is 2.27. The summed E-state index contributed by atoms with van der Waals surface area (Å²) in [4.78, 5) is 16.6. The van der Waals surface area contributed by atoms with Gasteiger partial charge in [0.1, 0.15) is 0 Å². The van der Waals surface area contributed by atoms with Crippen LogP contribution in [0.3, 0.4) is 0 Å². The summed E-state index contributed by atoms with van der Waals surface area (Å²) in [5.74, 6) is 0.588. The largest absolute Gasteiger partial charge is 0.389 e.